The number of rotatable bonds is 4. The van der Waals surface area contributed by atoms with Crippen molar-refractivity contribution in [3.63, 3.8) is 0 Å². The zero-order chi connectivity index (χ0) is 21.3. The van der Waals surface area contributed by atoms with Gasteiger partial charge in [-0.1, -0.05) is 0 Å². The summed E-state index contributed by atoms with van der Waals surface area (Å²) in [5, 5.41) is 2.86. The molecule has 0 aliphatic carbocycles. The second-order valence-corrected chi connectivity index (χ2v) is 7.37. The van der Waals surface area contributed by atoms with Crippen LogP contribution in [0, 0.1) is 6.92 Å². The number of anilines is 3. The normalized spacial score (nSPS) is 16.7. The molecule has 1 aliphatic heterocycles. The number of nitrogens with one attached hydrogen (secondary N) is 1. The second kappa shape index (κ2) is 7.91. The van der Waals surface area contributed by atoms with Gasteiger partial charge in [0.25, 0.3) is 0 Å². The van der Waals surface area contributed by atoms with Gasteiger partial charge in [0.1, 0.15) is 17.5 Å². The van der Waals surface area contributed by atoms with Crippen molar-refractivity contribution in [2.75, 3.05) is 23.3 Å². The van der Waals surface area contributed by atoms with Gasteiger partial charge in [-0.05, 0) is 55.3 Å². The lowest BCUT2D eigenvalue weighted by Crippen LogP contribution is -2.26. The Balaban J connectivity index is 1.56. The van der Waals surface area contributed by atoms with E-state index in [9.17, 15) is 13.2 Å². The Morgan fingerprint density at radius 3 is 2.60 bits per heavy atom. The summed E-state index contributed by atoms with van der Waals surface area (Å²) >= 11 is 0. The van der Waals surface area contributed by atoms with E-state index in [-0.39, 0.29) is 11.9 Å². The second-order valence-electron chi connectivity index (χ2n) is 7.37. The summed E-state index contributed by atoms with van der Waals surface area (Å²) in [5.41, 5.74) is 7.58. The van der Waals surface area contributed by atoms with E-state index >= 15 is 0 Å². The molecule has 3 N–H and O–H groups in total. The van der Waals surface area contributed by atoms with Gasteiger partial charge in [-0.25, -0.2) is 15.0 Å². The third-order valence-electron chi connectivity index (χ3n) is 4.91. The summed E-state index contributed by atoms with van der Waals surface area (Å²) in [6.45, 7) is 3.56. The van der Waals surface area contributed by atoms with Gasteiger partial charge >= 0.3 is 6.18 Å². The highest BCUT2D eigenvalue weighted by atomic mass is 19.4. The van der Waals surface area contributed by atoms with Gasteiger partial charge in [-0.3, -0.25) is 0 Å². The van der Waals surface area contributed by atoms with Gasteiger partial charge in [0.15, 0.2) is 0 Å². The van der Waals surface area contributed by atoms with Gasteiger partial charge in [0.2, 0.25) is 0 Å². The van der Waals surface area contributed by atoms with Crippen LogP contribution in [0.4, 0.5) is 30.6 Å². The maximum Gasteiger partial charge on any atom is 0.416 e. The van der Waals surface area contributed by atoms with Crippen LogP contribution in [0.2, 0.25) is 0 Å². The Bertz CT molecular complexity index is 1040. The van der Waals surface area contributed by atoms with E-state index in [1.165, 1.54) is 0 Å². The highest BCUT2D eigenvalue weighted by Crippen LogP contribution is 2.31. The van der Waals surface area contributed by atoms with Crippen molar-refractivity contribution >= 4 is 17.5 Å². The number of aromatic nitrogens is 3. The zero-order valence-corrected chi connectivity index (χ0v) is 16.3. The lowest BCUT2D eigenvalue weighted by Gasteiger charge is -2.17. The topological polar surface area (TPSA) is 80.0 Å². The Kier molecular flexibility index (Phi) is 5.29. The molecule has 0 bridgehead atoms. The third-order valence-corrected chi connectivity index (χ3v) is 4.91. The lowest BCUT2D eigenvalue weighted by atomic mass is 10.1. The Hall–Kier alpha value is -3.20. The fraction of sp³-hybridized carbons (Fsp3) is 0.286. The molecule has 0 amide bonds. The summed E-state index contributed by atoms with van der Waals surface area (Å²) in [4.78, 5) is 15.2. The fourth-order valence-electron chi connectivity index (χ4n) is 3.41. The van der Waals surface area contributed by atoms with Crippen LogP contribution in [-0.4, -0.2) is 34.1 Å². The fourth-order valence-corrected chi connectivity index (χ4v) is 3.41. The van der Waals surface area contributed by atoms with Crippen LogP contribution in [0.3, 0.4) is 0 Å². The van der Waals surface area contributed by atoms with E-state index < -0.39 is 11.7 Å². The predicted octanol–water partition coefficient (Wildman–Crippen LogP) is 4.15. The SMILES string of the molecule is Cc1cc(Nc2cc(C(F)(F)F)ccn2)nc(-c2ccc(N3CCC(N)C3)nc2)c1. The molecule has 30 heavy (non-hydrogen) atoms. The Morgan fingerprint density at radius 1 is 1.10 bits per heavy atom. The van der Waals surface area contributed by atoms with Crippen molar-refractivity contribution in [2.45, 2.75) is 25.6 Å². The zero-order valence-electron chi connectivity index (χ0n) is 16.3. The monoisotopic (exact) mass is 414 g/mol. The van der Waals surface area contributed by atoms with Crippen LogP contribution in [-0.2, 0) is 6.18 Å². The van der Waals surface area contributed by atoms with Gasteiger partial charge in [-0.2, -0.15) is 13.2 Å². The van der Waals surface area contributed by atoms with Crippen molar-refractivity contribution in [3.05, 3.63) is 59.9 Å². The number of hydrogen-bond donors (Lipinski definition) is 2. The minimum Gasteiger partial charge on any atom is -0.355 e. The van der Waals surface area contributed by atoms with Gasteiger partial charge in [0.05, 0.1) is 11.3 Å². The summed E-state index contributed by atoms with van der Waals surface area (Å²) < 4.78 is 38.8. The molecular formula is C21H21F3N6. The maximum absolute atomic E-state index is 12.9. The molecule has 0 spiro atoms. The molecule has 1 atom stereocenters. The number of hydrogen-bond acceptors (Lipinski definition) is 6. The Labute approximate surface area is 172 Å². The lowest BCUT2D eigenvalue weighted by molar-refractivity contribution is -0.137. The molecule has 156 valence electrons. The molecular weight excluding hydrogens is 393 g/mol. The van der Waals surface area contributed by atoms with Crippen LogP contribution in [0.1, 0.15) is 17.5 Å². The summed E-state index contributed by atoms with van der Waals surface area (Å²) in [6.07, 6.45) is -0.624. The van der Waals surface area contributed by atoms with E-state index in [4.69, 9.17) is 5.73 Å². The number of nitrogens with zero attached hydrogens (tertiary/aromatic N) is 4. The summed E-state index contributed by atoms with van der Waals surface area (Å²) in [5.74, 6) is 1.35. The Morgan fingerprint density at radius 2 is 1.93 bits per heavy atom. The molecule has 4 heterocycles. The predicted molar refractivity (Wildman–Crippen MR) is 110 cm³/mol. The van der Waals surface area contributed by atoms with Gasteiger partial charge in [-0.15, -0.1) is 0 Å². The molecule has 6 nitrogen and oxygen atoms in total. The van der Waals surface area contributed by atoms with Gasteiger partial charge in [0, 0.05) is 37.1 Å². The number of alkyl halides is 3. The van der Waals surface area contributed by atoms with Crippen LogP contribution in [0.25, 0.3) is 11.3 Å². The number of nitrogens with two attached hydrogens (primary N) is 1. The average Bonchev–Trinajstić information content (AvgIpc) is 3.14. The molecule has 1 fully saturated rings. The van der Waals surface area contributed by atoms with E-state index in [0.29, 0.717) is 11.5 Å². The molecule has 0 saturated carbocycles. The van der Waals surface area contributed by atoms with Crippen LogP contribution >= 0.6 is 0 Å². The van der Waals surface area contributed by atoms with Crippen molar-refractivity contribution < 1.29 is 13.2 Å². The largest absolute Gasteiger partial charge is 0.416 e. The first-order valence-corrected chi connectivity index (χ1v) is 9.54. The van der Waals surface area contributed by atoms with Crippen LogP contribution < -0.4 is 16.0 Å². The van der Waals surface area contributed by atoms with Crippen molar-refractivity contribution in [1.82, 2.24) is 15.0 Å². The molecule has 0 aromatic carbocycles. The third kappa shape index (κ3) is 4.51. The summed E-state index contributed by atoms with van der Waals surface area (Å²) in [6, 6.07) is 9.56. The molecule has 1 saturated heterocycles. The molecule has 1 aliphatic rings. The molecule has 0 radical (unpaired) electrons. The van der Waals surface area contributed by atoms with E-state index in [1.54, 1.807) is 12.3 Å². The first-order valence-electron chi connectivity index (χ1n) is 9.54. The highest BCUT2D eigenvalue weighted by Gasteiger charge is 2.30. The van der Waals surface area contributed by atoms with Crippen molar-refractivity contribution in [3.8, 4) is 11.3 Å². The molecule has 9 heteroatoms. The number of aryl methyl sites for hydroxylation is 1. The highest BCUT2D eigenvalue weighted by molar-refractivity contribution is 5.65. The smallest absolute Gasteiger partial charge is 0.355 e. The molecule has 4 rings (SSSR count). The van der Waals surface area contributed by atoms with Crippen LogP contribution in [0.15, 0.2) is 48.8 Å². The molecule has 1 unspecified atom stereocenters. The summed E-state index contributed by atoms with van der Waals surface area (Å²) in [7, 11) is 0. The van der Waals surface area contributed by atoms with Crippen LogP contribution in [0.5, 0.6) is 0 Å². The first kappa shape index (κ1) is 20.1. The number of pyridine rings is 3. The van der Waals surface area contributed by atoms with Crippen molar-refractivity contribution in [1.29, 1.82) is 0 Å². The van der Waals surface area contributed by atoms with E-state index in [0.717, 1.165) is 54.8 Å². The van der Waals surface area contributed by atoms with Crippen molar-refractivity contribution in [2.24, 2.45) is 5.73 Å². The molecule has 3 aromatic heterocycles. The van der Waals surface area contributed by atoms with Gasteiger partial charge < -0.3 is 16.0 Å². The number of halogens is 3. The molecule has 3 aromatic rings. The maximum atomic E-state index is 12.9. The minimum absolute atomic E-state index is 0.0766. The van der Waals surface area contributed by atoms with E-state index in [1.807, 2.05) is 25.1 Å². The van der Waals surface area contributed by atoms with E-state index in [2.05, 4.69) is 25.2 Å². The minimum atomic E-state index is -4.43. The quantitative estimate of drug-likeness (QED) is 0.668. The standard InChI is InChI=1S/C21H21F3N6/c1-13-8-17(14-2-3-20(27-11-14)30-7-5-16(25)12-30)28-19(9-13)29-18-10-15(4-6-26-18)21(22,23)24/h2-4,6,8-11,16H,5,7,12,25H2,1H3,(H,26,28,29). The average molecular weight is 414 g/mol. The first-order chi connectivity index (χ1) is 14.3.